The molecule has 0 fully saturated rings. The van der Waals surface area contributed by atoms with Crippen LogP contribution in [0.15, 0.2) is 271 Å². The third-order valence-corrected chi connectivity index (χ3v) is 29.6. The number of hydrogen-bond acceptors (Lipinski definition) is 23. The van der Waals surface area contributed by atoms with Crippen LogP contribution in [-0.2, 0) is 62.0 Å². The average molecular weight is 2170 g/mol. The molecule has 800 valence electrons. The number of carbonyl (C=O) groups excluding carboxylic acids is 2. The molecule has 28 nitrogen and oxygen atoms in total. The van der Waals surface area contributed by atoms with E-state index in [0.717, 1.165) is 154 Å². The number of carbonyl (C=O) groups is 2. The summed E-state index contributed by atoms with van der Waals surface area (Å²) >= 11 is 0. The number of sulfonamides is 1. The van der Waals surface area contributed by atoms with E-state index in [2.05, 4.69) is 62.0 Å². The molecule has 149 heavy (non-hydrogen) atoms. The van der Waals surface area contributed by atoms with Crippen molar-refractivity contribution < 1.29 is 127 Å². The number of methoxy groups -OCH3 is 2. The minimum atomic E-state index is -5.20. The molecule has 0 unspecified atom stereocenters. The van der Waals surface area contributed by atoms with Crippen molar-refractivity contribution in [1.29, 1.82) is 0 Å². The van der Waals surface area contributed by atoms with Crippen molar-refractivity contribution in [2.45, 2.75) is 176 Å². The van der Waals surface area contributed by atoms with Crippen molar-refractivity contribution in [3.05, 3.63) is 276 Å². The van der Waals surface area contributed by atoms with Crippen LogP contribution in [0.1, 0.15) is 154 Å². The number of nitrogens with one attached hydrogen (secondary N) is 3. The fraction of sp³-hybridized carbons (Fsp3) is 0.327. The first-order chi connectivity index (χ1) is 69.5. The molecule has 2 heterocycles. The van der Waals surface area contributed by atoms with E-state index >= 15 is 0 Å². The smallest absolute Gasteiger partial charge is 0.261 e. The van der Waals surface area contributed by atoms with Crippen LogP contribution in [0.25, 0.3) is 66.8 Å². The molecule has 2 aliphatic heterocycles. The maximum Gasteiger partial charge on any atom is 0.261 e. The SMILES string of the molecule is C.C.C.CCN(CC)c1ccc2c(-c3ccc(S(=O)(=O)Cl)cc3S(=O)(=O)[O-])c3ccc(=[N+](CC)CC)cc-3oc2c1.CCN(CC)c1ccc2c(-c3ccc(S(=O)(=O)NCCCCCCNc4ccc(OC)cc4CN(C(C)=O)c4cc(F)ccc4Oc4ccccc4)cc3S(=O)(=O)[O-])c3ccc(=[N+](CC)CC)cc-3oc2c1.COc1ccc(NCCCCCCN)c(CN(C(C)=O)c2cc(F)ccc2Oc2ccccc2)c1.[Ar]. The third-order valence-electron chi connectivity index (χ3n) is 25.0. The molecular weight excluding hydrogens is 2030 g/mol. The number of halogens is 3. The molecule has 2 amide bonds. The van der Waals surface area contributed by atoms with Crippen LogP contribution in [0.2, 0.25) is 0 Å². The topological polar surface area (TPSA) is 361 Å². The van der Waals surface area contributed by atoms with Gasteiger partial charge in [0.25, 0.3) is 9.05 Å². The van der Waals surface area contributed by atoms with E-state index in [4.69, 9.17) is 44.2 Å². The van der Waals surface area contributed by atoms with E-state index in [0.29, 0.717) is 122 Å². The number of amides is 2. The van der Waals surface area contributed by atoms with E-state index < -0.39 is 65.6 Å². The van der Waals surface area contributed by atoms with Gasteiger partial charge in [-0.2, -0.15) is 0 Å². The van der Waals surface area contributed by atoms with Gasteiger partial charge in [-0.1, -0.05) is 96.5 Å². The second kappa shape index (κ2) is 56.7. The number of unbranched alkanes of at least 4 members (excludes halogenated alkanes) is 6. The Labute approximate surface area is 910 Å². The molecule has 14 rings (SSSR count). The van der Waals surface area contributed by atoms with Crippen LogP contribution >= 0.6 is 10.7 Å². The van der Waals surface area contributed by atoms with Crippen LogP contribution in [0.5, 0.6) is 34.5 Å². The summed E-state index contributed by atoms with van der Waals surface area (Å²) in [6, 6.07) is 67.2. The summed E-state index contributed by atoms with van der Waals surface area (Å²) in [7, 11) is -10.2. The molecule has 5 N–H and O–H groups in total. The summed E-state index contributed by atoms with van der Waals surface area (Å²) in [4.78, 5) is 31.1. The fourth-order valence-electron chi connectivity index (χ4n) is 17.5. The number of hydrogen-bond donors (Lipinski definition) is 4. The van der Waals surface area contributed by atoms with Crippen molar-refractivity contribution in [2.75, 3.05) is 123 Å². The average Bonchev–Trinajstić information content (AvgIpc) is 0.735. The van der Waals surface area contributed by atoms with Gasteiger partial charge in [-0.3, -0.25) is 9.59 Å². The summed E-state index contributed by atoms with van der Waals surface area (Å²) in [5.41, 5.74) is 14.4. The first kappa shape index (κ1) is 122. The predicted molar refractivity (Wildman–Crippen MR) is 589 cm³/mol. The van der Waals surface area contributed by atoms with E-state index in [1.807, 2.05) is 179 Å². The fourth-order valence-corrected chi connectivity index (χ4v) is 20.9. The van der Waals surface area contributed by atoms with Gasteiger partial charge in [0.15, 0.2) is 11.5 Å². The molecule has 0 bridgehead atoms. The molecular formula is C113H137ArClF2N10O18S4. The van der Waals surface area contributed by atoms with Crippen molar-refractivity contribution in [3.8, 4) is 79.4 Å². The van der Waals surface area contributed by atoms with Crippen molar-refractivity contribution >= 4 is 118 Å². The van der Waals surface area contributed by atoms with E-state index in [9.17, 15) is 61.1 Å². The van der Waals surface area contributed by atoms with Crippen molar-refractivity contribution in [2.24, 2.45) is 5.73 Å². The Hall–Kier alpha value is -12.0. The van der Waals surface area contributed by atoms with Gasteiger partial charge in [-0.05, 0) is 244 Å². The zero-order valence-corrected chi connectivity index (χ0v) is 88.6. The Morgan fingerprint density at radius 2 is 0.799 bits per heavy atom. The number of fused-ring (bicyclic) bond motifs is 4. The maximum absolute atomic E-state index is 14.7. The van der Waals surface area contributed by atoms with Gasteiger partial charge in [0, 0.05) is 211 Å². The number of benzene rings is 12. The zero-order chi connectivity index (χ0) is 104. The normalized spacial score (nSPS) is 11.3. The number of nitrogens with two attached hydrogens (primary N) is 1. The van der Waals surface area contributed by atoms with Gasteiger partial charge >= 0.3 is 0 Å². The molecule has 36 heteroatoms. The number of para-hydroxylation sites is 2. The Morgan fingerprint density at radius 1 is 0.423 bits per heavy atom. The van der Waals surface area contributed by atoms with Crippen LogP contribution in [0.3, 0.4) is 0 Å². The summed E-state index contributed by atoms with van der Waals surface area (Å²) < 4.78 is 200. The van der Waals surface area contributed by atoms with Gasteiger partial charge in [0.2, 0.25) is 32.6 Å². The Morgan fingerprint density at radius 3 is 1.16 bits per heavy atom. The van der Waals surface area contributed by atoms with E-state index in [1.165, 1.54) is 78.2 Å². The minimum Gasteiger partial charge on any atom is -0.744 e. The Kier molecular flexibility index (Phi) is 46.5. The molecule has 10 aromatic carbocycles. The molecule has 0 radical (unpaired) electrons. The van der Waals surface area contributed by atoms with Crippen LogP contribution in [0, 0.1) is 49.4 Å². The van der Waals surface area contributed by atoms with Crippen LogP contribution in [-0.4, -0.2) is 147 Å². The predicted octanol–water partition coefficient (Wildman–Crippen LogP) is 22.9. The summed E-state index contributed by atoms with van der Waals surface area (Å²) in [6.45, 7) is 27.8. The number of nitrogens with zero attached hydrogens (tertiary/aromatic N) is 6. The van der Waals surface area contributed by atoms with Gasteiger partial charge < -0.3 is 72.9 Å². The molecule has 4 aliphatic rings. The first-order valence-corrected chi connectivity index (χ1v) is 55.1. The molecule has 0 atom stereocenters. The van der Waals surface area contributed by atoms with Gasteiger partial charge in [-0.15, -0.1) is 0 Å². The maximum atomic E-state index is 14.7. The van der Waals surface area contributed by atoms with Crippen LogP contribution in [0.4, 0.5) is 42.9 Å². The quantitative estimate of drug-likeness (QED) is 0.00906. The Bertz CT molecular complexity index is 7480. The van der Waals surface area contributed by atoms with Crippen molar-refractivity contribution in [1.82, 2.24) is 13.9 Å². The van der Waals surface area contributed by atoms with Gasteiger partial charge in [0.1, 0.15) is 104 Å². The molecule has 0 saturated carbocycles. The number of ether oxygens (including phenoxy) is 4. The second-order valence-corrected chi connectivity index (χ2v) is 41.2. The summed E-state index contributed by atoms with van der Waals surface area (Å²) in [5.74, 6) is 2.54. The third kappa shape index (κ3) is 31.6. The zero-order valence-electron chi connectivity index (χ0n) is 83.9. The molecule has 2 aliphatic carbocycles. The van der Waals surface area contributed by atoms with Crippen molar-refractivity contribution in [3.63, 3.8) is 0 Å². The minimum absolute atomic E-state index is 0. The largest absolute Gasteiger partial charge is 0.744 e. The number of rotatable bonds is 44. The van der Waals surface area contributed by atoms with Crippen LogP contribution < -0.4 is 79.5 Å². The molecule has 0 saturated heterocycles. The molecule has 10 aromatic rings. The van der Waals surface area contributed by atoms with E-state index in [1.54, 1.807) is 38.5 Å². The monoisotopic (exact) mass is 2160 g/mol. The summed E-state index contributed by atoms with van der Waals surface area (Å²) in [6.07, 6.45) is 6.88. The molecule has 0 aromatic heterocycles. The summed E-state index contributed by atoms with van der Waals surface area (Å²) in [5, 5.41) is 9.90. The first-order valence-electron chi connectivity index (χ1n) is 48.5. The van der Waals surface area contributed by atoms with E-state index in [-0.39, 0.29) is 113 Å². The second-order valence-electron chi connectivity index (χ2n) is 34.2. The van der Waals surface area contributed by atoms with Gasteiger partial charge in [-0.25, -0.2) is 56.3 Å². The Balaban J connectivity index is 0.000000296. The molecule has 0 spiro atoms. The standard InChI is InChI=1S/C55H62FN5O9S2.C28H34FN3O3.C27H29ClN2O6S2.3CH4.Ar/c1-7-59(8-2)41-21-25-46-52(34-41)70-53-35-42(60(9-3)10-4)22-26-47(53)55(46)48-27-24-45(36-54(48)72(65,66)67)71(63,64)58-31-17-12-11-16-30-57-49-28-23-44(68-6)32-39(49)37-61(38(5)62)50-33-40(56)20-29-51(50)69-43-18-14-13-15-19-43;1-21(33)32(27-19-23(29)12-15-28(27)35-24-10-6-5-7-11-24)20-22-18-25(34-2)13-14-26(22)31-17-9-4-3-8-16-30;1-5-29(6-2)18-9-12-21-24(15-18)36-25-16-19(30(7-3)8-4)10-13-22(25)27(21)23-14-11-20(37(28,31)32)17-26(23)38(33,34)35;;;;/h13-15,18-29,32-36,57-58H,7-12,16-17,30-31,37H2,1-6H3;5-7,10-15,18-19,31H,3-4,8-9,16-17,20,30H2,1-2H3;9-17H,5-8H2,1-4H3;3*1H4;. The van der Waals surface area contributed by atoms with Gasteiger partial charge in [0.05, 0.1) is 70.4 Å². The number of anilines is 6.